The van der Waals surface area contributed by atoms with Crippen LogP contribution in [0.2, 0.25) is 5.02 Å². The summed E-state index contributed by atoms with van der Waals surface area (Å²) in [6.45, 7) is 4.20. The average molecular weight is 415 g/mol. The number of benzene rings is 1. The monoisotopic (exact) mass is 414 g/mol. The highest BCUT2D eigenvalue weighted by Crippen LogP contribution is 2.54. The van der Waals surface area contributed by atoms with Crippen molar-refractivity contribution in [3.05, 3.63) is 57.0 Å². The Balaban J connectivity index is 1.97. The zero-order valence-electron chi connectivity index (χ0n) is 15.3. The van der Waals surface area contributed by atoms with Crippen molar-refractivity contribution in [1.82, 2.24) is 0 Å². The number of allylic oxidation sites excluding steroid dienone is 3. The van der Waals surface area contributed by atoms with Crippen LogP contribution in [0.15, 0.2) is 40.9 Å². The summed E-state index contributed by atoms with van der Waals surface area (Å²) in [6, 6.07) is 3.37. The summed E-state index contributed by atoms with van der Waals surface area (Å²) in [5, 5.41) is 20.3. The van der Waals surface area contributed by atoms with Crippen LogP contribution in [0.1, 0.15) is 44.2 Å². The molecule has 2 aliphatic carbocycles. The van der Waals surface area contributed by atoms with Crippen molar-refractivity contribution in [1.29, 1.82) is 0 Å². The molecule has 0 radical (unpaired) electrons. The first-order valence-corrected chi connectivity index (χ1v) is 8.95. The molecule has 150 valence electrons. The lowest BCUT2D eigenvalue weighted by Gasteiger charge is -2.29. The third kappa shape index (κ3) is 3.11. The van der Waals surface area contributed by atoms with Gasteiger partial charge < -0.3 is 10.2 Å². The van der Waals surface area contributed by atoms with Gasteiger partial charge in [-0.1, -0.05) is 17.7 Å². The Morgan fingerprint density at radius 2 is 1.86 bits per heavy atom. The molecule has 4 nitrogen and oxygen atoms in total. The second kappa shape index (κ2) is 6.37. The lowest BCUT2D eigenvalue weighted by atomic mass is 9.74. The van der Waals surface area contributed by atoms with E-state index in [-0.39, 0.29) is 28.3 Å². The number of rotatable bonds is 3. The lowest BCUT2D eigenvalue weighted by Crippen LogP contribution is -2.36. The molecule has 2 atom stereocenters. The van der Waals surface area contributed by atoms with Crippen LogP contribution in [-0.2, 0) is 15.8 Å². The first-order chi connectivity index (χ1) is 12.8. The molecule has 0 spiro atoms. The van der Waals surface area contributed by atoms with Gasteiger partial charge in [-0.15, -0.1) is 0 Å². The summed E-state index contributed by atoms with van der Waals surface area (Å²) in [4.78, 5) is 25.6. The van der Waals surface area contributed by atoms with Crippen molar-refractivity contribution in [2.75, 3.05) is 0 Å². The van der Waals surface area contributed by atoms with E-state index in [0.29, 0.717) is 0 Å². The number of aliphatic hydroxyl groups is 2. The number of carbonyl (C=O) groups is 2. The zero-order valence-corrected chi connectivity index (χ0v) is 16.1. The number of hydrogen-bond acceptors (Lipinski definition) is 4. The van der Waals surface area contributed by atoms with Gasteiger partial charge in [0, 0.05) is 16.5 Å². The van der Waals surface area contributed by atoms with Gasteiger partial charge in [-0.3, -0.25) is 9.59 Å². The van der Waals surface area contributed by atoms with E-state index in [1.807, 2.05) is 0 Å². The number of halogens is 4. The molecule has 1 saturated carbocycles. The van der Waals surface area contributed by atoms with Gasteiger partial charge in [-0.05, 0) is 50.8 Å². The number of hydrogen-bond donors (Lipinski definition) is 2. The summed E-state index contributed by atoms with van der Waals surface area (Å²) in [5.74, 6) is -4.00. The zero-order chi connectivity index (χ0) is 21.2. The van der Waals surface area contributed by atoms with Gasteiger partial charge in [0.25, 0.3) is 0 Å². The van der Waals surface area contributed by atoms with Gasteiger partial charge in [-0.2, -0.15) is 13.2 Å². The van der Waals surface area contributed by atoms with Crippen LogP contribution in [0.3, 0.4) is 0 Å². The Labute approximate surface area is 164 Å². The van der Waals surface area contributed by atoms with Crippen LogP contribution in [-0.4, -0.2) is 21.8 Å². The van der Waals surface area contributed by atoms with E-state index in [1.54, 1.807) is 0 Å². The van der Waals surface area contributed by atoms with Crippen molar-refractivity contribution in [2.24, 2.45) is 11.3 Å². The van der Waals surface area contributed by atoms with Crippen LogP contribution < -0.4 is 0 Å². The largest absolute Gasteiger partial charge is 0.511 e. The molecular weight excluding hydrogens is 397 g/mol. The van der Waals surface area contributed by atoms with E-state index in [1.165, 1.54) is 32.9 Å². The maximum atomic E-state index is 13.3. The van der Waals surface area contributed by atoms with Crippen molar-refractivity contribution >= 4 is 23.2 Å². The number of Topliss-reactive ketones (excluding diaryl/α,β-unsaturated/α-hetero) is 2. The minimum absolute atomic E-state index is 0.00706. The molecule has 1 fully saturated rings. The molecule has 0 amide bonds. The third-order valence-corrected chi connectivity index (χ3v) is 5.66. The van der Waals surface area contributed by atoms with Gasteiger partial charge in [0.1, 0.15) is 17.1 Å². The molecule has 0 saturated heterocycles. The highest BCUT2D eigenvalue weighted by Gasteiger charge is 2.53. The Bertz CT molecular complexity index is 957. The number of ketones is 2. The Kier molecular flexibility index (Phi) is 4.65. The standard InChI is InChI=1S/C20H18ClF3O4/c1-8-15(25)14(18(28)19(2,3)17(8)27)16(26)12-7-11(12)10-5-4-9(21)6-13(10)20(22,23)24/h4-6,11-12,25,27H,7H2,1-3H3. The van der Waals surface area contributed by atoms with Gasteiger partial charge >= 0.3 is 6.18 Å². The SMILES string of the molecule is CC1=C(O)C(C)(C)C(=O)C(C(=O)C2CC2c2ccc(Cl)cc2C(F)(F)F)=C1O. The second-order valence-electron chi connectivity index (χ2n) is 7.69. The average Bonchev–Trinajstić information content (AvgIpc) is 3.38. The maximum absolute atomic E-state index is 13.3. The van der Waals surface area contributed by atoms with E-state index >= 15 is 0 Å². The molecular formula is C20H18ClF3O4. The molecule has 2 N–H and O–H groups in total. The molecule has 1 aromatic carbocycles. The predicted octanol–water partition coefficient (Wildman–Crippen LogP) is 5.28. The lowest BCUT2D eigenvalue weighted by molar-refractivity contribution is -0.138. The van der Waals surface area contributed by atoms with Gasteiger partial charge in [0.2, 0.25) is 0 Å². The van der Waals surface area contributed by atoms with Gasteiger partial charge in [0.15, 0.2) is 11.6 Å². The normalized spacial score (nSPS) is 24.6. The van der Waals surface area contributed by atoms with E-state index in [2.05, 4.69) is 0 Å². The smallest absolute Gasteiger partial charge is 0.416 e. The Morgan fingerprint density at radius 3 is 2.43 bits per heavy atom. The van der Waals surface area contributed by atoms with Crippen LogP contribution in [0.25, 0.3) is 0 Å². The van der Waals surface area contributed by atoms with Crippen molar-refractivity contribution in [3.8, 4) is 0 Å². The highest BCUT2D eigenvalue weighted by atomic mass is 35.5. The van der Waals surface area contributed by atoms with Gasteiger partial charge in [-0.25, -0.2) is 0 Å². The van der Waals surface area contributed by atoms with E-state index in [0.717, 1.165) is 6.07 Å². The summed E-state index contributed by atoms with van der Waals surface area (Å²) in [5.41, 5.74) is -2.83. The molecule has 2 aliphatic rings. The third-order valence-electron chi connectivity index (χ3n) is 5.43. The van der Waals surface area contributed by atoms with Gasteiger partial charge in [0.05, 0.1) is 11.0 Å². The molecule has 8 heteroatoms. The van der Waals surface area contributed by atoms with Crippen molar-refractivity contribution in [3.63, 3.8) is 0 Å². The highest BCUT2D eigenvalue weighted by molar-refractivity contribution is 6.30. The number of carbonyl (C=O) groups excluding carboxylic acids is 2. The first kappa shape index (κ1) is 20.5. The Hall–Kier alpha value is -2.28. The van der Waals surface area contributed by atoms with Crippen LogP contribution in [0, 0.1) is 11.3 Å². The maximum Gasteiger partial charge on any atom is 0.416 e. The molecule has 3 rings (SSSR count). The molecule has 0 bridgehead atoms. The van der Waals surface area contributed by atoms with Crippen molar-refractivity contribution < 1.29 is 33.0 Å². The second-order valence-corrected chi connectivity index (χ2v) is 8.13. The fourth-order valence-electron chi connectivity index (χ4n) is 3.64. The van der Waals surface area contributed by atoms with Crippen LogP contribution in [0.5, 0.6) is 0 Å². The summed E-state index contributed by atoms with van der Waals surface area (Å²) in [7, 11) is 0. The van der Waals surface area contributed by atoms with E-state index in [4.69, 9.17) is 11.6 Å². The molecule has 0 heterocycles. The van der Waals surface area contributed by atoms with Crippen molar-refractivity contribution in [2.45, 2.75) is 39.3 Å². The predicted molar refractivity (Wildman–Crippen MR) is 96.1 cm³/mol. The van der Waals surface area contributed by atoms with Crippen LogP contribution in [0.4, 0.5) is 13.2 Å². The minimum Gasteiger partial charge on any atom is -0.511 e. The summed E-state index contributed by atoms with van der Waals surface area (Å²) < 4.78 is 40.0. The summed E-state index contributed by atoms with van der Waals surface area (Å²) >= 11 is 5.69. The minimum atomic E-state index is -4.63. The fourth-order valence-corrected chi connectivity index (χ4v) is 3.81. The fraction of sp³-hybridized carbons (Fsp3) is 0.400. The van der Waals surface area contributed by atoms with E-state index < -0.39 is 51.9 Å². The molecule has 28 heavy (non-hydrogen) atoms. The molecule has 0 aromatic heterocycles. The number of aliphatic hydroxyl groups excluding tert-OH is 2. The quantitative estimate of drug-likeness (QED) is 0.659. The molecule has 0 aliphatic heterocycles. The topological polar surface area (TPSA) is 74.6 Å². The Morgan fingerprint density at radius 1 is 1.25 bits per heavy atom. The first-order valence-electron chi connectivity index (χ1n) is 8.58. The van der Waals surface area contributed by atoms with Crippen LogP contribution >= 0.6 is 11.6 Å². The summed E-state index contributed by atoms with van der Waals surface area (Å²) in [6.07, 6.45) is -4.51. The van der Waals surface area contributed by atoms with E-state index in [9.17, 15) is 33.0 Å². The molecule has 1 aromatic rings. The molecule has 2 unspecified atom stereocenters. The number of alkyl halides is 3.